The van der Waals surface area contributed by atoms with E-state index in [0.717, 1.165) is 22.9 Å². The zero-order valence-electron chi connectivity index (χ0n) is 20.2. The number of hydrazine groups is 1. The van der Waals surface area contributed by atoms with E-state index in [1.165, 1.54) is 0 Å². The number of furan rings is 1. The lowest BCUT2D eigenvalue weighted by Gasteiger charge is -2.13. The first-order valence-corrected chi connectivity index (χ1v) is 12.0. The molecule has 186 valence electrons. The van der Waals surface area contributed by atoms with Crippen LogP contribution in [0, 0.1) is 6.92 Å². The van der Waals surface area contributed by atoms with Gasteiger partial charge in [0.05, 0.1) is 17.6 Å². The average Bonchev–Trinajstić information content (AvgIpc) is 3.27. The van der Waals surface area contributed by atoms with Gasteiger partial charge >= 0.3 is 5.91 Å². The molecule has 0 fully saturated rings. The molecule has 2 aromatic carbocycles. The van der Waals surface area contributed by atoms with Crippen LogP contribution < -0.4 is 16.3 Å². The lowest BCUT2D eigenvalue weighted by molar-refractivity contribution is -0.121. The number of carbonyl (C=O) groups excluding carboxylic acids is 3. The van der Waals surface area contributed by atoms with Crippen molar-refractivity contribution in [3.05, 3.63) is 101 Å². The summed E-state index contributed by atoms with van der Waals surface area (Å²) in [7, 11) is 0. The second-order valence-corrected chi connectivity index (χ2v) is 8.76. The van der Waals surface area contributed by atoms with Crippen LogP contribution in [0.2, 0.25) is 0 Å². The summed E-state index contributed by atoms with van der Waals surface area (Å²) in [6, 6.07) is 20.3. The zero-order valence-corrected chi connectivity index (χ0v) is 20.2. The number of hydrogen-bond acceptors (Lipinski definition) is 6. The number of nitrogens with zero attached hydrogens (tertiary/aromatic N) is 2. The van der Waals surface area contributed by atoms with Crippen molar-refractivity contribution < 1.29 is 18.8 Å². The van der Waals surface area contributed by atoms with Crippen LogP contribution >= 0.6 is 0 Å². The van der Waals surface area contributed by atoms with Crippen LogP contribution in [0.1, 0.15) is 56.3 Å². The van der Waals surface area contributed by atoms with Crippen molar-refractivity contribution in [2.24, 2.45) is 5.10 Å². The summed E-state index contributed by atoms with van der Waals surface area (Å²) >= 11 is 0. The van der Waals surface area contributed by atoms with E-state index in [-0.39, 0.29) is 23.8 Å². The number of amides is 3. The van der Waals surface area contributed by atoms with Crippen LogP contribution in [0.4, 0.5) is 0 Å². The van der Waals surface area contributed by atoms with Crippen molar-refractivity contribution in [3.63, 3.8) is 0 Å². The molecule has 0 saturated heterocycles. The highest BCUT2D eigenvalue weighted by Gasteiger charge is 2.28. The summed E-state index contributed by atoms with van der Waals surface area (Å²) in [5, 5.41) is 5.29. The van der Waals surface area contributed by atoms with Gasteiger partial charge < -0.3 is 4.42 Å². The van der Waals surface area contributed by atoms with Gasteiger partial charge in [-0.25, -0.2) is 10.4 Å². The number of para-hydroxylation sites is 1. The minimum Gasteiger partial charge on any atom is -0.455 e. The highest BCUT2D eigenvalue weighted by atomic mass is 16.4. The second-order valence-electron chi connectivity index (χ2n) is 8.76. The first-order chi connectivity index (χ1) is 18.0. The molecule has 0 unspecified atom stereocenters. The van der Waals surface area contributed by atoms with Gasteiger partial charge in [-0.2, -0.15) is 5.10 Å². The fraction of sp³-hybridized carbons (Fsp3) is 0.179. The number of aromatic nitrogens is 1. The van der Waals surface area contributed by atoms with E-state index in [4.69, 9.17) is 4.42 Å². The molecule has 0 bridgehead atoms. The van der Waals surface area contributed by atoms with E-state index < -0.39 is 11.8 Å². The fourth-order valence-corrected chi connectivity index (χ4v) is 4.37. The van der Waals surface area contributed by atoms with Gasteiger partial charge in [-0.05, 0) is 37.5 Å². The predicted molar refractivity (Wildman–Crippen MR) is 138 cm³/mol. The van der Waals surface area contributed by atoms with Crippen LogP contribution in [0.15, 0.2) is 76.2 Å². The third-order valence-corrected chi connectivity index (χ3v) is 6.18. The number of hydrogen-bond donors (Lipinski definition) is 3. The molecule has 9 heteroatoms. The van der Waals surface area contributed by atoms with Crippen molar-refractivity contribution in [2.75, 3.05) is 0 Å². The molecule has 0 radical (unpaired) electrons. The lowest BCUT2D eigenvalue weighted by Crippen LogP contribution is -2.42. The van der Waals surface area contributed by atoms with Crippen molar-refractivity contribution in [3.8, 4) is 0 Å². The molecule has 0 atom stereocenters. The molecule has 1 aliphatic carbocycles. The molecule has 37 heavy (non-hydrogen) atoms. The summed E-state index contributed by atoms with van der Waals surface area (Å²) in [6.07, 6.45) is 2.16. The number of hydrazone groups is 1. The maximum atomic E-state index is 12.8. The Morgan fingerprint density at radius 3 is 2.54 bits per heavy atom. The van der Waals surface area contributed by atoms with Gasteiger partial charge in [0, 0.05) is 22.9 Å². The normalized spacial score (nSPS) is 13.7. The van der Waals surface area contributed by atoms with E-state index in [2.05, 4.69) is 26.4 Å². The van der Waals surface area contributed by atoms with Gasteiger partial charge in [-0.15, -0.1) is 0 Å². The zero-order chi connectivity index (χ0) is 25.8. The maximum absolute atomic E-state index is 12.8. The van der Waals surface area contributed by atoms with Crippen molar-refractivity contribution in [1.82, 2.24) is 21.3 Å². The highest BCUT2D eigenvalue weighted by Crippen LogP contribution is 2.29. The Balaban J connectivity index is 1.27. The van der Waals surface area contributed by atoms with Gasteiger partial charge in [0.15, 0.2) is 5.76 Å². The second kappa shape index (κ2) is 10.4. The quantitative estimate of drug-likeness (QED) is 0.365. The third kappa shape index (κ3) is 5.25. The van der Waals surface area contributed by atoms with Crippen LogP contribution in [0.5, 0.6) is 0 Å². The van der Waals surface area contributed by atoms with Crippen LogP contribution in [-0.4, -0.2) is 28.4 Å². The SMILES string of the molecule is Cc1c(C(=O)NNC(=O)Cc2ccccc2)oc2c1/C(=N/NC(=O)c1ccc3ccccc3n1)CCC2. The first-order valence-electron chi connectivity index (χ1n) is 12.0. The van der Waals surface area contributed by atoms with E-state index in [1.54, 1.807) is 13.0 Å². The lowest BCUT2D eigenvalue weighted by atomic mass is 9.93. The Bertz CT molecular complexity index is 1520. The van der Waals surface area contributed by atoms with E-state index in [9.17, 15) is 14.4 Å². The monoisotopic (exact) mass is 495 g/mol. The minimum atomic E-state index is -0.558. The highest BCUT2D eigenvalue weighted by molar-refractivity contribution is 6.07. The van der Waals surface area contributed by atoms with Crippen LogP contribution in [-0.2, 0) is 17.6 Å². The Kier molecular flexibility index (Phi) is 6.76. The largest absolute Gasteiger partial charge is 0.455 e. The minimum absolute atomic E-state index is 0.0992. The molecule has 2 aromatic heterocycles. The molecular weight excluding hydrogens is 470 g/mol. The molecule has 3 N–H and O–H groups in total. The molecule has 4 aromatic rings. The number of pyridine rings is 1. The molecule has 1 aliphatic rings. The molecule has 0 saturated carbocycles. The number of fused-ring (bicyclic) bond motifs is 2. The Labute approximate surface area is 212 Å². The number of carbonyl (C=O) groups is 3. The van der Waals surface area contributed by atoms with E-state index >= 15 is 0 Å². The first kappa shape index (κ1) is 23.9. The Hall–Kier alpha value is -4.79. The molecule has 0 spiro atoms. The number of aryl methyl sites for hydroxylation is 1. The smallest absolute Gasteiger partial charge is 0.305 e. The Morgan fingerprint density at radius 2 is 1.70 bits per heavy atom. The number of nitrogens with one attached hydrogen (secondary N) is 3. The Morgan fingerprint density at radius 1 is 0.919 bits per heavy atom. The molecule has 5 rings (SSSR count). The topological polar surface area (TPSA) is 126 Å². The molecule has 2 heterocycles. The molecular formula is C28H25N5O4. The van der Waals surface area contributed by atoms with E-state index in [1.807, 2.05) is 60.7 Å². The van der Waals surface area contributed by atoms with E-state index in [0.29, 0.717) is 35.4 Å². The summed E-state index contributed by atoms with van der Waals surface area (Å²) in [6.45, 7) is 1.76. The molecule has 3 amide bonds. The maximum Gasteiger partial charge on any atom is 0.305 e. The predicted octanol–water partition coefficient (Wildman–Crippen LogP) is 3.61. The average molecular weight is 496 g/mol. The summed E-state index contributed by atoms with van der Waals surface area (Å²) in [5.41, 5.74) is 11.2. The summed E-state index contributed by atoms with van der Waals surface area (Å²) in [5.74, 6) is -0.605. The summed E-state index contributed by atoms with van der Waals surface area (Å²) in [4.78, 5) is 42.1. The van der Waals surface area contributed by atoms with Gasteiger partial charge in [0.2, 0.25) is 5.91 Å². The van der Waals surface area contributed by atoms with Gasteiger partial charge in [-0.1, -0.05) is 54.6 Å². The number of benzene rings is 2. The molecule has 9 nitrogen and oxygen atoms in total. The standard InChI is InChI=1S/C28H25N5O4/c1-17-25-21(30-32-27(35)22-15-14-19-10-5-6-11-20(19)29-22)12-7-13-23(25)37-26(17)28(36)33-31-24(34)16-18-8-3-2-4-9-18/h2-6,8-11,14-15H,7,12-13,16H2,1H3,(H,31,34)(H,32,35)(H,33,36)/b30-21+. The summed E-state index contributed by atoms with van der Waals surface area (Å²) < 4.78 is 5.85. The van der Waals surface area contributed by atoms with Crippen LogP contribution in [0.25, 0.3) is 10.9 Å². The van der Waals surface area contributed by atoms with Crippen molar-refractivity contribution >= 4 is 34.3 Å². The van der Waals surface area contributed by atoms with Gasteiger partial charge in [-0.3, -0.25) is 25.2 Å². The van der Waals surface area contributed by atoms with Crippen LogP contribution in [0.3, 0.4) is 0 Å². The van der Waals surface area contributed by atoms with Crippen molar-refractivity contribution in [2.45, 2.75) is 32.6 Å². The van der Waals surface area contributed by atoms with Gasteiger partial charge in [0.1, 0.15) is 11.5 Å². The van der Waals surface area contributed by atoms with Gasteiger partial charge in [0.25, 0.3) is 5.91 Å². The fourth-order valence-electron chi connectivity index (χ4n) is 4.37. The number of rotatable bonds is 5. The third-order valence-electron chi connectivity index (χ3n) is 6.18. The molecule has 0 aliphatic heterocycles. The van der Waals surface area contributed by atoms with Crippen molar-refractivity contribution in [1.29, 1.82) is 0 Å².